The maximum absolute atomic E-state index is 10.1. The van der Waals surface area contributed by atoms with Gasteiger partial charge in [-0.25, -0.2) is 0 Å². The molecule has 0 amide bonds. The van der Waals surface area contributed by atoms with Crippen LogP contribution in [0.4, 0.5) is 0 Å². The van der Waals surface area contributed by atoms with E-state index in [2.05, 4.69) is 4.98 Å². The normalized spacial score (nSPS) is 14.4. The van der Waals surface area contributed by atoms with E-state index in [1.54, 1.807) is 12.4 Å². The van der Waals surface area contributed by atoms with Crippen LogP contribution in [0.2, 0.25) is 0 Å². The van der Waals surface area contributed by atoms with Gasteiger partial charge in [0.05, 0.1) is 12.1 Å². The van der Waals surface area contributed by atoms with Crippen molar-refractivity contribution in [3.05, 3.63) is 66.0 Å². The lowest BCUT2D eigenvalue weighted by Gasteiger charge is -2.19. The van der Waals surface area contributed by atoms with Crippen molar-refractivity contribution < 1.29 is 5.11 Å². The van der Waals surface area contributed by atoms with Gasteiger partial charge in [0.1, 0.15) is 0 Å². The second-order valence-electron chi connectivity index (χ2n) is 3.66. The van der Waals surface area contributed by atoms with E-state index in [-0.39, 0.29) is 0 Å². The number of rotatable bonds is 3. The van der Waals surface area contributed by atoms with Crippen molar-refractivity contribution >= 4 is 0 Å². The third-order valence-electron chi connectivity index (χ3n) is 2.57. The van der Waals surface area contributed by atoms with Crippen LogP contribution in [0, 0.1) is 0 Å². The first-order valence-corrected chi connectivity index (χ1v) is 5.17. The molecule has 0 radical (unpaired) electrons. The van der Waals surface area contributed by atoms with Gasteiger partial charge in [-0.2, -0.15) is 0 Å². The lowest BCUT2D eigenvalue weighted by atomic mass is 9.97. The molecule has 0 aliphatic heterocycles. The van der Waals surface area contributed by atoms with Crippen molar-refractivity contribution in [2.45, 2.75) is 12.1 Å². The molecule has 0 spiro atoms. The number of aliphatic hydroxyl groups is 1. The van der Waals surface area contributed by atoms with Crippen LogP contribution < -0.4 is 5.73 Å². The van der Waals surface area contributed by atoms with E-state index >= 15 is 0 Å². The average molecular weight is 214 g/mol. The fourth-order valence-electron chi connectivity index (χ4n) is 1.63. The number of nitrogens with zero attached hydrogens (tertiary/aromatic N) is 1. The third kappa shape index (κ3) is 2.27. The Morgan fingerprint density at radius 2 is 1.56 bits per heavy atom. The van der Waals surface area contributed by atoms with Gasteiger partial charge in [0.2, 0.25) is 0 Å². The molecule has 0 bridgehead atoms. The highest BCUT2D eigenvalue weighted by Crippen LogP contribution is 2.25. The summed E-state index contributed by atoms with van der Waals surface area (Å²) in [5.74, 6) is 0. The molecular weight excluding hydrogens is 200 g/mol. The molecule has 0 saturated carbocycles. The summed E-state index contributed by atoms with van der Waals surface area (Å²) in [7, 11) is 0. The van der Waals surface area contributed by atoms with Crippen LogP contribution in [0.25, 0.3) is 0 Å². The van der Waals surface area contributed by atoms with Crippen LogP contribution in [-0.2, 0) is 0 Å². The molecule has 2 atom stereocenters. The summed E-state index contributed by atoms with van der Waals surface area (Å²) in [6.45, 7) is 0. The van der Waals surface area contributed by atoms with Gasteiger partial charge in [-0.3, -0.25) is 4.98 Å². The topological polar surface area (TPSA) is 59.1 Å². The standard InChI is InChI=1S/C13H14N2O/c14-12(10-6-8-15-9-7-10)13(16)11-4-2-1-3-5-11/h1-9,12-13,16H,14H2/t12-,13+/m0/s1. The molecule has 0 saturated heterocycles. The molecule has 2 rings (SSSR count). The zero-order valence-corrected chi connectivity index (χ0v) is 8.82. The summed E-state index contributed by atoms with van der Waals surface area (Å²) in [4.78, 5) is 3.92. The van der Waals surface area contributed by atoms with Crippen LogP contribution >= 0.6 is 0 Å². The molecule has 0 fully saturated rings. The van der Waals surface area contributed by atoms with E-state index in [1.807, 2.05) is 42.5 Å². The maximum Gasteiger partial charge on any atom is 0.0982 e. The van der Waals surface area contributed by atoms with Gasteiger partial charge in [0.25, 0.3) is 0 Å². The van der Waals surface area contributed by atoms with Crippen molar-refractivity contribution in [3.63, 3.8) is 0 Å². The zero-order chi connectivity index (χ0) is 11.4. The number of hydrogen-bond acceptors (Lipinski definition) is 3. The molecule has 3 heteroatoms. The van der Waals surface area contributed by atoms with E-state index in [4.69, 9.17) is 5.73 Å². The number of hydrogen-bond donors (Lipinski definition) is 2. The van der Waals surface area contributed by atoms with Gasteiger partial charge in [-0.15, -0.1) is 0 Å². The molecule has 0 unspecified atom stereocenters. The largest absolute Gasteiger partial charge is 0.386 e. The Bertz CT molecular complexity index is 387. The maximum atomic E-state index is 10.1. The SMILES string of the molecule is N[C@@H](c1ccncc1)[C@H](O)c1ccccc1. The van der Waals surface area contributed by atoms with Crippen LogP contribution in [0.15, 0.2) is 54.9 Å². The van der Waals surface area contributed by atoms with Crippen molar-refractivity contribution in [2.24, 2.45) is 5.73 Å². The first kappa shape index (κ1) is 10.8. The predicted octanol–water partition coefficient (Wildman–Crippen LogP) is 1.82. The van der Waals surface area contributed by atoms with E-state index in [9.17, 15) is 5.11 Å². The van der Waals surface area contributed by atoms with Crippen LogP contribution in [0.1, 0.15) is 23.3 Å². The highest BCUT2D eigenvalue weighted by molar-refractivity contribution is 5.24. The Morgan fingerprint density at radius 3 is 2.19 bits per heavy atom. The summed E-state index contributed by atoms with van der Waals surface area (Å²) >= 11 is 0. The highest BCUT2D eigenvalue weighted by Gasteiger charge is 2.17. The van der Waals surface area contributed by atoms with Gasteiger partial charge in [-0.05, 0) is 23.3 Å². The lowest BCUT2D eigenvalue weighted by Crippen LogP contribution is -2.19. The predicted molar refractivity (Wildman–Crippen MR) is 62.6 cm³/mol. The molecule has 82 valence electrons. The Hall–Kier alpha value is -1.71. The summed E-state index contributed by atoms with van der Waals surface area (Å²) < 4.78 is 0. The van der Waals surface area contributed by atoms with E-state index in [0.717, 1.165) is 11.1 Å². The number of aliphatic hydroxyl groups excluding tert-OH is 1. The Morgan fingerprint density at radius 1 is 0.938 bits per heavy atom. The van der Waals surface area contributed by atoms with Crippen LogP contribution in [0.5, 0.6) is 0 Å². The molecule has 3 nitrogen and oxygen atoms in total. The summed E-state index contributed by atoms with van der Waals surface area (Å²) in [5.41, 5.74) is 7.70. The smallest absolute Gasteiger partial charge is 0.0982 e. The van der Waals surface area contributed by atoms with Crippen molar-refractivity contribution in [1.82, 2.24) is 4.98 Å². The molecule has 1 aromatic carbocycles. The molecule has 3 N–H and O–H groups in total. The highest BCUT2D eigenvalue weighted by atomic mass is 16.3. The minimum atomic E-state index is -0.691. The van der Waals surface area contributed by atoms with Gasteiger partial charge >= 0.3 is 0 Å². The second-order valence-corrected chi connectivity index (χ2v) is 3.66. The molecule has 1 heterocycles. The van der Waals surface area contributed by atoms with E-state index in [1.165, 1.54) is 0 Å². The summed E-state index contributed by atoms with van der Waals surface area (Å²) in [6, 6.07) is 12.6. The van der Waals surface area contributed by atoms with Crippen molar-refractivity contribution in [2.75, 3.05) is 0 Å². The molecule has 0 aliphatic carbocycles. The number of nitrogens with two attached hydrogens (primary N) is 1. The van der Waals surface area contributed by atoms with Gasteiger partial charge < -0.3 is 10.8 Å². The monoisotopic (exact) mass is 214 g/mol. The Kier molecular flexibility index (Phi) is 3.29. The van der Waals surface area contributed by atoms with Crippen molar-refractivity contribution in [3.8, 4) is 0 Å². The molecule has 0 aliphatic rings. The van der Waals surface area contributed by atoms with E-state index in [0.29, 0.717) is 0 Å². The third-order valence-corrected chi connectivity index (χ3v) is 2.57. The molecule has 1 aromatic heterocycles. The van der Waals surface area contributed by atoms with Gasteiger partial charge in [-0.1, -0.05) is 30.3 Å². The second kappa shape index (κ2) is 4.88. The average Bonchev–Trinajstić information content (AvgIpc) is 2.39. The number of pyridine rings is 1. The van der Waals surface area contributed by atoms with Crippen LogP contribution in [-0.4, -0.2) is 10.1 Å². The van der Waals surface area contributed by atoms with Crippen LogP contribution in [0.3, 0.4) is 0 Å². The Balaban J connectivity index is 2.20. The van der Waals surface area contributed by atoms with Gasteiger partial charge in [0.15, 0.2) is 0 Å². The fraction of sp³-hybridized carbons (Fsp3) is 0.154. The molecule has 2 aromatic rings. The van der Waals surface area contributed by atoms with Gasteiger partial charge in [0, 0.05) is 12.4 Å². The lowest BCUT2D eigenvalue weighted by molar-refractivity contribution is 0.147. The van der Waals surface area contributed by atoms with Crippen molar-refractivity contribution in [1.29, 1.82) is 0 Å². The first-order chi connectivity index (χ1) is 7.79. The minimum absolute atomic E-state index is 0.426. The number of aromatic nitrogens is 1. The van der Waals surface area contributed by atoms with E-state index < -0.39 is 12.1 Å². The Labute approximate surface area is 94.6 Å². The zero-order valence-electron chi connectivity index (χ0n) is 8.82. The fourth-order valence-corrected chi connectivity index (χ4v) is 1.63. The quantitative estimate of drug-likeness (QED) is 0.819. The summed E-state index contributed by atoms with van der Waals surface area (Å²) in [5, 5.41) is 10.1. The number of benzene rings is 1. The summed E-state index contributed by atoms with van der Waals surface area (Å²) in [6.07, 6.45) is 2.66. The molecule has 16 heavy (non-hydrogen) atoms. The molecular formula is C13H14N2O. The first-order valence-electron chi connectivity index (χ1n) is 5.17. The minimum Gasteiger partial charge on any atom is -0.386 e.